The van der Waals surface area contributed by atoms with Gasteiger partial charge >= 0.3 is 0 Å². The van der Waals surface area contributed by atoms with Gasteiger partial charge in [0.25, 0.3) is 5.91 Å². The maximum atomic E-state index is 12.7. The normalized spacial score (nSPS) is 15.5. The maximum absolute atomic E-state index is 12.7. The Labute approximate surface area is 160 Å². The van der Waals surface area contributed by atoms with E-state index in [1.807, 2.05) is 17.0 Å². The molecule has 2 aromatic heterocycles. The summed E-state index contributed by atoms with van der Waals surface area (Å²) in [7, 11) is 0. The lowest BCUT2D eigenvalue weighted by atomic mass is 10.2. The van der Waals surface area contributed by atoms with Gasteiger partial charge in [-0.05, 0) is 23.8 Å². The van der Waals surface area contributed by atoms with Crippen LogP contribution in [0, 0.1) is 0 Å². The molecule has 0 radical (unpaired) electrons. The van der Waals surface area contributed by atoms with Gasteiger partial charge in [0.2, 0.25) is 0 Å². The van der Waals surface area contributed by atoms with E-state index in [1.165, 1.54) is 0 Å². The molecule has 1 fully saturated rings. The van der Waals surface area contributed by atoms with Crippen molar-refractivity contribution < 1.29 is 4.79 Å². The molecule has 4 rings (SSSR count). The van der Waals surface area contributed by atoms with Crippen LogP contribution < -0.4 is 0 Å². The number of piperazine rings is 1. The van der Waals surface area contributed by atoms with Crippen LogP contribution in [0.2, 0.25) is 10.0 Å². The number of carbonyl (C=O) groups is 1. The molecule has 0 bridgehead atoms. The van der Waals surface area contributed by atoms with Crippen LogP contribution in [0.4, 0.5) is 0 Å². The molecule has 1 aromatic carbocycles. The van der Waals surface area contributed by atoms with Gasteiger partial charge in [-0.2, -0.15) is 5.10 Å². The fourth-order valence-corrected chi connectivity index (χ4v) is 3.56. The van der Waals surface area contributed by atoms with E-state index in [0.29, 0.717) is 34.5 Å². The van der Waals surface area contributed by atoms with Gasteiger partial charge < -0.3 is 4.90 Å². The highest BCUT2D eigenvalue weighted by atomic mass is 35.5. The van der Waals surface area contributed by atoms with Crippen molar-refractivity contribution in [3.8, 4) is 0 Å². The quantitative estimate of drug-likeness (QED) is 0.690. The molecule has 0 N–H and O–H groups in total. The van der Waals surface area contributed by atoms with Crippen molar-refractivity contribution in [2.45, 2.75) is 6.54 Å². The molecule has 1 saturated heterocycles. The second-order valence-electron chi connectivity index (χ2n) is 6.26. The van der Waals surface area contributed by atoms with Crippen LogP contribution in [0.1, 0.15) is 16.1 Å². The summed E-state index contributed by atoms with van der Waals surface area (Å²) in [6, 6.07) is 9.07. The lowest BCUT2D eigenvalue weighted by Crippen LogP contribution is -2.48. The van der Waals surface area contributed by atoms with Gasteiger partial charge in [0.15, 0.2) is 11.3 Å². The number of rotatable bonds is 3. The van der Waals surface area contributed by atoms with Gasteiger partial charge in [0.1, 0.15) is 0 Å². The lowest BCUT2D eigenvalue weighted by Gasteiger charge is -2.34. The first kappa shape index (κ1) is 17.3. The standard InChI is InChI=1S/C18H17Cl2N5O/c19-14-3-2-13(15(20)10-14)12-23-6-8-24(9-7-23)18(26)16-11-17-21-4-1-5-25(17)22-16/h1-5,10-11H,6-9,12H2. The summed E-state index contributed by atoms with van der Waals surface area (Å²) in [5.74, 6) is -0.0559. The Balaban J connectivity index is 1.39. The van der Waals surface area contributed by atoms with E-state index in [-0.39, 0.29) is 5.91 Å². The van der Waals surface area contributed by atoms with Crippen LogP contribution in [0.3, 0.4) is 0 Å². The molecular formula is C18H17Cl2N5O. The lowest BCUT2D eigenvalue weighted by molar-refractivity contribution is 0.0622. The van der Waals surface area contributed by atoms with Crippen LogP contribution in [0.25, 0.3) is 5.65 Å². The number of halogens is 2. The minimum atomic E-state index is -0.0559. The predicted molar refractivity (Wildman–Crippen MR) is 101 cm³/mol. The molecule has 1 aliphatic rings. The Morgan fingerprint density at radius 1 is 1.12 bits per heavy atom. The largest absolute Gasteiger partial charge is 0.335 e. The molecular weight excluding hydrogens is 373 g/mol. The van der Waals surface area contributed by atoms with Crippen LogP contribution in [-0.4, -0.2) is 56.5 Å². The number of carbonyl (C=O) groups excluding carboxylic acids is 1. The van der Waals surface area contributed by atoms with Gasteiger partial charge in [-0.1, -0.05) is 29.3 Å². The molecule has 1 amide bonds. The number of nitrogens with zero attached hydrogens (tertiary/aromatic N) is 5. The number of aromatic nitrogens is 3. The summed E-state index contributed by atoms with van der Waals surface area (Å²) in [5, 5.41) is 5.62. The summed E-state index contributed by atoms with van der Waals surface area (Å²) in [4.78, 5) is 21.0. The molecule has 134 valence electrons. The first-order valence-electron chi connectivity index (χ1n) is 8.36. The van der Waals surface area contributed by atoms with Crippen molar-refractivity contribution in [1.29, 1.82) is 0 Å². The van der Waals surface area contributed by atoms with E-state index in [2.05, 4.69) is 15.0 Å². The van der Waals surface area contributed by atoms with Crippen molar-refractivity contribution in [1.82, 2.24) is 24.4 Å². The maximum Gasteiger partial charge on any atom is 0.274 e. The second-order valence-corrected chi connectivity index (χ2v) is 7.10. The van der Waals surface area contributed by atoms with E-state index < -0.39 is 0 Å². The van der Waals surface area contributed by atoms with Crippen LogP contribution >= 0.6 is 23.2 Å². The molecule has 0 spiro atoms. The molecule has 1 aliphatic heterocycles. The van der Waals surface area contributed by atoms with E-state index in [1.54, 1.807) is 35.1 Å². The summed E-state index contributed by atoms with van der Waals surface area (Å²) < 4.78 is 1.62. The number of benzene rings is 1. The fraction of sp³-hybridized carbons (Fsp3) is 0.278. The first-order chi connectivity index (χ1) is 12.6. The summed E-state index contributed by atoms with van der Waals surface area (Å²) in [6.45, 7) is 3.64. The van der Waals surface area contributed by atoms with Crippen LogP contribution in [0.5, 0.6) is 0 Å². The Morgan fingerprint density at radius 3 is 2.65 bits per heavy atom. The zero-order valence-electron chi connectivity index (χ0n) is 14.0. The van der Waals surface area contributed by atoms with Crippen molar-refractivity contribution in [3.63, 3.8) is 0 Å². The molecule has 0 aliphatic carbocycles. The highest BCUT2D eigenvalue weighted by Crippen LogP contribution is 2.23. The molecule has 3 aromatic rings. The molecule has 0 unspecified atom stereocenters. The van der Waals surface area contributed by atoms with Gasteiger partial charge in [-0.25, -0.2) is 9.50 Å². The summed E-state index contributed by atoms with van der Waals surface area (Å²) in [5.41, 5.74) is 2.15. The van der Waals surface area contributed by atoms with Gasteiger partial charge in [0, 0.05) is 61.2 Å². The number of fused-ring (bicyclic) bond motifs is 1. The minimum absolute atomic E-state index is 0.0559. The van der Waals surface area contributed by atoms with Gasteiger partial charge in [-0.3, -0.25) is 9.69 Å². The third-order valence-corrected chi connectivity index (χ3v) is 5.11. The Kier molecular flexibility index (Phi) is 4.80. The number of amides is 1. The van der Waals surface area contributed by atoms with Crippen molar-refractivity contribution in [2.24, 2.45) is 0 Å². The van der Waals surface area contributed by atoms with Crippen molar-refractivity contribution >= 4 is 34.8 Å². The van der Waals surface area contributed by atoms with E-state index in [4.69, 9.17) is 23.2 Å². The third kappa shape index (κ3) is 3.53. The molecule has 6 nitrogen and oxygen atoms in total. The second kappa shape index (κ2) is 7.23. The average Bonchev–Trinajstić information content (AvgIpc) is 3.08. The Bertz CT molecular complexity index is 917. The van der Waals surface area contributed by atoms with E-state index in [9.17, 15) is 4.79 Å². The molecule has 0 atom stereocenters. The number of hydrogen-bond acceptors (Lipinski definition) is 4. The molecule has 3 heterocycles. The zero-order chi connectivity index (χ0) is 18.1. The molecule has 8 heteroatoms. The molecule has 26 heavy (non-hydrogen) atoms. The fourth-order valence-electron chi connectivity index (χ4n) is 3.10. The SMILES string of the molecule is O=C(c1cc2ncccn2n1)N1CCN(Cc2ccc(Cl)cc2Cl)CC1. The van der Waals surface area contributed by atoms with Gasteiger partial charge in [-0.15, -0.1) is 0 Å². The van der Waals surface area contributed by atoms with Crippen LogP contribution in [-0.2, 0) is 6.54 Å². The Morgan fingerprint density at radius 2 is 1.92 bits per heavy atom. The zero-order valence-corrected chi connectivity index (χ0v) is 15.5. The first-order valence-corrected chi connectivity index (χ1v) is 9.12. The van der Waals surface area contributed by atoms with E-state index >= 15 is 0 Å². The highest BCUT2D eigenvalue weighted by molar-refractivity contribution is 6.35. The minimum Gasteiger partial charge on any atom is -0.335 e. The van der Waals surface area contributed by atoms with Gasteiger partial charge in [0.05, 0.1) is 0 Å². The van der Waals surface area contributed by atoms with Crippen LogP contribution in [0.15, 0.2) is 42.7 Å². The molecule has 0 saturated carbocycles. The predicted octanol–water partition coefficient (Wildman–Crippen LogP) is 2.99. The topological polar surface area (TPSA) is 53.7 Å². The summed E-state index contributed by atoms with van der Waals surface area (Å²) >= 11 is 12.2. The Hall–Kier alpha value is -2.15. The monoisotopic (exact) mass is 389 g/mol. The van der Waals surface area contributed by atoms with E-state index in [0.717, 1.165) is 25.2 Å². The number of hydrogen-bond donors (Lipinski definition) is 0. The van der Waals surface area contributed by atoms with Crippen molar-refractivity contribution in [3.05, 3.63) is 64.0 Å². The third-order valence-electron chi connectivity index (χ3n) is 4.52. The smallest absolute Gasteiger partial charge is 0.274 e. The highest BCUT2D eigenvalue weighted by Gasteiger charge is 2.24. The summed E-state index contributed by atoms with van der Waals surface area (Å²) in [6.07, 6.45) is 3.47. The average molecular weight is 390 g/mol. The van der Waals surface area contributed by atoms with Crippen molar-refractivity contribution in [2.75, 3.05) is 26.2 Å².